The summed E-state index contributed by atoms with van der Waals surface area (Å²) in [6.07, 6.45) is 0. The van der Waals surface area contributed by atoms with Gasteiger partial charge in [0, 0.05) is 5.56 Å². The van der Waals surface area contributed by atoms with Crippen molar-refractivity contribution in [3.8, 4) is 5.75 Å². The Bertz CT molecular complexity index is 386. The highest BCUT2D eigenvalue weighted by molar-refractivity contribution is 6.02. The van der Waals surface area contributed by atoms with E-state index >= 15 is 0 Å². The summed E-state index contributed by atoms with van der Waals surface area (Å²) in [5.74, 6) is 0.871. The van der Waals surface area contributed by atoms with Crippen molar-refractivity contribution in [2.75, 3.05) is 6.61 Å². The van der Waals surface area contributed by atoms with Gasteiger partial charge in [-0.15, -0.1) is 0 Å². The molecule has 0 aromatic heterocycles. The molecule has 0 saturated heterocycles. The second-order valence-corrected chi connectivity index (χ2v) is 4.64. The lowest BCUT2D eigenvalue weighted by Gasteiger charge is -2.21. The molecule has 0 aliphatic carbocycles. The Morgan fingerprint density at radius 3 is 2.64 bits per heavy atom. The van der Waals surface area contributed by atoms with Gasteiger partial charge in [-0.25, -0.2) is 0 Å². The molecular weight excluding hydrogens is 176 g/mol. The van der Waals surface area contributed by atoms with Gasteiger partial charge in [0.25, 0.3) is 0 Å². The Balaban J connectivity index is 2.60. The third-order valence-electron chi connectivity index (χ3n) is 2.47. The van der Waals surface area contributed by atoms with E-state index in [4.69, 9.17) is 4.74 Å². The van der Waals surface area contributed by atoms with Gasteiger partial charge in [-0.3, -0.25) is 4.79 Å². The van der Waals surface area contributed by atoms with Crippen LogP contribution in [0.25, 0.3) is 0 Å². The molecule has 2 heteroatoms. The smallest absolute Gasteiger partial charge is 0.203 e. The average Bonchev–Trinajstić information content (AvgIpc) is 2.46. The Morgan fingerprint density at radius 2 is 2.00 bits per heavy atom. The molecule has 0 spiro atoms. The number of hydrogen-bond acceptors (Lipinski definition) is 2. The highest BCUT2D eigenvalue weighted by Crippen LogP contribution is 2.36. The van der Waals surface area contributed by atoms with Gasteiger partial charge in [-0.2, -0.15) is 0 Å². The molecule has 0 amide bonds. The summed E-state index contributed by atoms with van der Waals surface area (Å²) in [5.41, 5.74) is 1.87. The zero-order chi connectivity index (χ0) is 10.3. The molecule has 74 valence electrons. The molecule has 2 nitrogen and oxygen atoms in total. The Kier molecular flexibility index (Phi) is 1.88. The van der Waals surface area contributed by atoms with E-state index in [2.05, 4.69) is 20.8 Å². The number of ether oxygens (including phenoxy) is 1. The van der Waals surface area contributed by atoms with Crippen molar-refractivity contribution in [2.45, 2.75) is 26.2 Å². The van der Waals surface area contributed by atoms with Crippen LogP contribution in [-0.4, -0.2) is 12.4 Å². The van der Waals surface area contributed by atoms with E-state index < -0.39 is 0 Å². The first-order valence-corrected chi connectivity index (χ1v) is 4.79. The Labute approximate surface area is 83.9 Å². The molecule has 2 rings (SSSR count). The highest BCUT2D eigenvalue weighted by atomic mass is 16.5. The van der Waals surface area contributed by atoms with Crippen LogP contribution in [0.5, 0.6) is 5.75 Å². The number of fused-ring (bicyclic) bond motifs is 1. The van der Waals surface area contributed by atoms with Crippen LogP contribution in [0, 0.1) is 0 Å². The van der Waals surface area contributed by atoms with Gasteiger partial charge in [0.15, 0.2) is 6.61 Å². The first-order valence-electron chi connectivity index (χ1n) is 4.79. The van der Waals surface area contributed by atoms with Crippen LogP contribution < -0.4 is 4.74 Å². The fourth-order valence-electron chi connectivity index (χ4n) is 1.72. The second kappa shape index (κ2) is 2.84. The minimum atomic E-state index is 0.0238. The molecule has 0 saturated carbocycles. The van der Waals surface area contributed by atoms with E-state index in [0.29, 0.717) is 0 Å². The second-order valence-electron chi connectivity index (χ2n) is 4.64. The highest BCUT2D eigenvalue weighted by Gasteiger charge is 2.28. The van der Waals surface area contributed by atoms with E-state index in [9.17, 15) is 4.79 Å². The lowest BCUT2D eigenvalue weighted by Crippen LogP contribution is -2.12. The van der Waals surface area contributed by atoms with Crippen molar-refractivity contribution in [1.82, 2.24) is 0 Å². The minimum absolute atomic E-state index is 0.0238. The number of ketones is 1. The Hall–Kier alpha value is -1.31. The molecule has 0 atom stereocenters. The molecular formula is C12H14O2. The monoisotopic (exact) mass is 190 g/mol. The lowest BCUT2D eigenvalue weighted by atomic mass is 9.85. The zero-order valence-corrected chi connectivity index (χ0v) is 8.76. The van der Waals surface area contributed by atoms with Crippen LogP contribution in [0.1, 0.15) is 36.7 Å². The summed E-state index contributed by atoms with van der Waals surface area (Å²) < 4.78 is 5.42. The van der Waals surface area contributed by atoms with E-state index in [-0.39, 0.29) is 17.8 Å². The predicted octanol–water partition coefficient (Wildman–Crippen LogP) is 2.56. The molecule has 0 fully saturated rings. The van der Waals surface area contributed by atoms with Gasteiger partial charge in [-0.1, -0.05) is 32.9 Å². The van der Waals surface area contributed by atoms with Gasteiger partial charge in [0.2, 0.25) is 5.78 Å². The SMILES string of the molecule is CC(C)(C)c1cccc2c1OCC2=O. The first-order chi connectivity index (χ1) is 6.50. The van der Waals surface area contributed by atoms with Crippen LogP contribution in [0.2, 0.25) is 0 Å². The maximum absolute atomic E-state index is 11.4. The molecule has 0 bridgehead atoms. The molecule has 1 aromatic rings. The van der Waals surface area contributed by atoms with Gasteiger partial charge in [-0.05, 0) is 11.5 Å². The van der Waals surface area contributed by atoms with Crippen LogP contribution in [0.4, 0.5) is 0 Å². The van der Waals surface area contributed by atoms with E-state index in [0.717, 1.165) is 16.9 Å². The van der Waals surface area contributed by atoms with E-state index in [1.165, 1.54) is 0 Å². The summed E-state index contributed by atoms with van der Waals surface area (Å²) in [7, 11) is 0. The number of Topliss-reactive ketones (excluding diaryl/α,β-unsaturated/α-hetero) is 1. The van der Waals surface area contributed by atoms with Crippen LogP contribution in [0.3, 0.4) is 0 Å². The fourth-order valence-corrected chi connectivity index (χ4v) is 1.72. The number of benzene rings is 1. The van der Waals surface area contributed by atoms with E-state index in [1.54, 1.807) is 0 Å². The summed E-state index contributed by atoms with van der Waals surface area (Å²) in [4.78, 5) is 11.4. The third-order valence-corrected chi connectivity index (χ3v) is 2.47. The number of hydrogen-bond donors (Lipinski definition) is 0. The van der Waals surface area contributed by atoms with Crippen molar-refractivity contribution in [3.63, 3.8) is 0 Å². The Morgan fingerprint density at radius 1 is 1.29 bits per heavy atom. The maximum Gasteiger partial charge on any atom is 0.203 e. The van der Waals surface area contributed by atoms with Crippen LogP contribution in [0.15, 0.2) is 18.2 Å². The van der Waals surface area contributed by atoms with Crippen LogP contribution >= 0.6 is 0 Å². The normalized spacial score (nSPS) is 15.2. The average molecular weight is 190 g/mol. The van der Waals surface area contributed by atoms with Crippen molar-refractivity contribution in [1.29, 1.82) is 0 Å². The minimum Gasteiger partial charge on any atom is -0.484 e. The molecule has 0 radical (unpaired) electrons. The topological polar surface area (TPSA) is 26.3 Å². The zero-order valence-electron chi connectivity index (χ0n) is 8.76. The molecule has 1 aliphatic rings. The lowest BCUT2D eigenvalue weighted by molar-refractivity contribution is 0.0961. The van der Waals surface area contributed by atoms with Crippen molar-refractivity contribution < 1.29 is 9.53 Å². The third kappa shape index (κ3) is 1.31. The first kappa shape index (κ1) is 9.25. The van der Waals surface area contributed by atoms with Gasteiger partial charge in [0.1, 0.15) is 5.75 Å². The predicted molar refractivity (Wildman–Crippen MR) is 55.0 cm³/mol. The molecule has 1 aromatic carbocycles. The molecule has 1 aliphatic heterocycles. The van der Waals surface area contributed by atoms with Crippen LogP contribution in [-0.2, 0) is 5.41 Å². The largest absolute Gasteiger partial charge is 0.484 e. The van der Waals surface area contributed by atoms with E-state index in [1.807, 2.05) is 18.2 Å². The summed E-state index contributed by atoms with van der Waals surface area (Å²) in [5, 5.41) is 0. The van der Waals surface area contributed by atoms with Crippen molar-refractivity contribution >= 4 is 5.78 Å². The molecule has 1 heterocycles. The number of carbonyl (C=O) groups is 1. The molecule has 0 unspecified atom stereocenters. The van der Waals surface area contributed by atoms with Gasteiger partial charge in [0.05, 0.1) is 5.56 Å². The summed E-state index contributed by atoms with van der Waals surface area (Å²) >= 11 is 0. The number of carbonyl (C=O) groups excluding carboxylic acids is 1. The maximum atomic E-state index is 11.4. The molecule has 0 N–H and O–H groups in total. The number of para-hydroxylation sites is 1. The quantitative estimate of drug-likeness (QED) is 0.628. The summed E-state index contributed by atoms with van der Waals surface area (Å²) in [6, 6.07) is 5.78. The van der Waals surface area contributed by atoms with Crippen molar-refractivity contribution in [3.05, 3.63) is 29.3 Å². The van der Waals surface area contributed by atoms with Crippen molar-refractivity contribution in [2.24, 2.45) is 0 Å². The van der Waals surface area contributed by atoms with Gasteiger partial charge >= 0.3 is 0 Å². The summed E-state index contributed by atoms with van der Waals surface area (Å²) in [6.45, 7) is 6.56. The number of rotatable bonds is 0. The van der Waals surface area contributed by atoms with Gasteiger partial charge < -0.3 is 4.74 Å². The molecule has 14 heavy (non-hydrogen) atoms. The standard InChI is InChI=1S/C12H14O2/c1-12(2,3)9-6-4-5-8-10(13)7-14-11(8)9/h4-6H,7H2,1-3H3. The fraction of sp³-hybridized carbons (Fsp3) is 0.417.